The number of anilines is 1. The SMILES string of the molecule is C/C(=C(/C#N)c1cc(C)ccc1C)c1ncc(NNC(C)C)cn1.CC.CC1CCCC1. The van der Waals surface area contributed by atoms with Crippen LogP contribution in [0, 0.1) is 31.1 Å². The fourth-order valence-corrected chi connectivity index (χ4v) is 3.41. The molecule has 5 heteroatoms. The van der Waals surface area contributed by atoms with Crippen molar-refractivity contribution in [2.75, 3.05) is 5.43 Å². The van der Waals surface area contributed by atoms with Crippen LogP contribution in [0.1, 0.15) is 89.7 Å². The molecule has 174 valence electrons. The lowest BCUT2D eigenvalue weighted by Gasteiger charge is -2.12. The van der Waals surface area contributed by atoms with E-state index in [1.807, 2.05) is 66.7 Å². The van der Waals surface area contributed by atoms with E-state index in [1.54, 1.807) is 12.4 Å². The zero-order valence-corrected chi connectivity index (χ0v) is 21.2. The van der Waals surface area contributed by atoms with Crippen LogP contribution in [-0.2, 0) is 0 Å². The monoisotopic (exact) mass is 435 g/mol. The summed E-state index contributed by atoms with van der Waals surface area (Å²) in [5.74, 6) is 1.60. The number of nitriles is 1. The first kappa shape index (κ1) is 27.3. The topological polar surface area (TPSA) is 73.6 Å². The normalized spacial score (nSPS) is 13.9. The van der Waals surface area contributed by atoms with Crippen molar-refractivity contribution in [3.8, 4) is 6.07 Å². The van der Waals surface area contributed by atoms with Gasteiger partial charge in [-0.15, -0.1) is 0 Å². The minimum atomic E-state index is 0.306. The molecule has 1 saturated carbocycles. The van der Waals surface area contributed by atoms with Crippen LogP contribution in [0.3, 0.4) is 0 Å². The molecule has 3 rings (SSSR count). The molecule has 1 heterocycles. The predicted molar refractivity (Wildman–Crippen MR) is 137 cm³/mol. The number of hydrogen-bond donors (Lipinski definition) is 2. The van der Waals surface area contributed by atoms with Crippen molar-refractivity contribution in [1.29, 1.82) is 5.26 Å². The molecule has 5 nitrogen and oxygen atoms in total. The van der Waals surface area contributed by atoms with Crippen molar-refractivity contribution in [2.45, 2.75) is 87.1 Å². The summed E-state index contributed by atoms with van der Waals surface area (Å²) in [5, 5.41) is 9.64. The molecule has 0 unspecified atom stereocenters. The number of allylic oxidation sites excluding steroid dienone is 2. The van der Waals surface area contributed by atoms with E-state index in [1.165, 1.54) is 25.7 Å². The third-order valence-corrected chi connectivity index (χ3v) is 5.29. The summed E-state index contributed by atoms with van der Waals surface area (Å²) in [6.45, 7) is 16.3. The Morgan fingerprint density at radius 3 is 2.16 bits per heavy atom. The summed E-state index contributed by atoms with van der Waals surface area (Å²) in [4.78, 5) is 8.76. The van der Waals surface area contributed by atoms with Crippen LogP contribution in [0.25, 0.3) is 11.1 Å². The largest absolute Gasteiger partial charge is 0.318 e. The summed E-state index contributed by atoms with van der Waals surface area (Å²) in [6.07, 6.45) is 9.36. The van der Waals surface area contributed by atoms with Crippen molar-refractivity contribution >= 4 is 16.8 Å². The molecule has 0 spiro atoms. The molecular formula is C27H41N5. The Hall–Kier alpha value is -2.71. The average molecular weight is 436 g/mol. The van der Waals surface area contributed by atoms with Crippen molar-refractivity contribution in [3.05, 3.63) is 53.1 Å². The Kier molecular flexibility index (Phi) is 12.3. The van der Waals surface area contributed by atoms with Crippen LogP contribution in [0.15, 0.2) is 30.6 Å². The van der Waals surface area contributed by atoms with E-state index in [0.717, 1.165) is 33.9 Å². The van der Waals surface area contributed by atoms with E-state index < -0.39 is 0 Å². The summed E-state index contributed by atoms with van der Waals surface area (Å²) in [7, 11) is 0. The molecule has 1 aromatic carbocycles. The number of rotatable bonds is 5. The third kappa shape index (κ3) is 8.80. The van der Waals surface area contributed by atoms with Crippen LogP contribution in [0.5, 0.6) is 0 Å². The highest BCUT2D eigenvalue weighted by atomic mass is 15.4. The summed E-state index contributed by atoms with van der Waals surface area (Å²) < 4.78 is 0. The van der Waals surface area contributed by atoms with Crippen molar-refractivity contribution in [3.63, 3.8) is 0 Å². The van der Waals surface area contributed by atoms with Crippen LogP contribution >= 0.6 is 0 Å². The Morgan fingerprint density at radius 2 is 1.69 bits per heavy atom. The Labute approximate surface area is 195 Å². The Bertz CT molecular complexity index is 885. The Morgan fingerprint density at radius 1 is 1.09 bits per heavy atom. The van der Waals surface area contributed by atoms with E-state index in [9.17, 15) is 5.26 Å². The summed E-state index contributed by atoms with van der Waals surface area (Å²) >= 11 is 0. The second kappa shape index (κ2) is 14.4. The molecule has 0 saturated heterocycles. The molecule has 1 aliphatic rings. The van der Waals surface area contributed by atoms with Gasteiger partial charge in [-0.2, -0.15) is 5.26 Å². The lowest BCUT2D eigenvalue weighted by atomic mass is 9.95. The first-order valence-electron chi connectivity index (χ1n) is 11.8. The number of nitrogens with one attached hydrogen (secondary N) is 2. The lowest BCUT2D eigenvalue weighted by Crippen LogP contribution is -2.29. The van der Waals surface area contributed by atoms with Gasteiger partial charge in [-0.25, -0.2) is 15.4 Å². The van der Waals surface area contributed by atoms with Gasteiger partial charge in [0.2, 0.25) is 0 Å². The maximum atomic E-state index is 9.64. The lowest BCUT2D eigenvalue weighted by molar-refractivity contribution is 0.612. The van der Waals surface area contributed by atoms with E-state index in [4.69, 9.17) is 0 Å². The zero-order valence-electron chi connectivity index (χ0n) is 21.2. The van der Waals surface area contributed by atoms with Crippen LogP contribution in [0.2, 0.25) is 0 Å². The first-order valence-corrected chi connectivity index (χ1v) is 11.8. The van der Waals surface area contributed by atoms with Gasteiger partial charge in [-0.1, -0.05) is 70.2 Å². The van der Waals surface area contributed by atoms with Gasteiger partial charge in [-0.05, 0) is 51.7 Å². The van der Waals surface area contributed by atoms with Crippen LogP contribution in [0.4, 0.5) is 5.69 Å². The molecule has 0 atom stereocenters. The van der Waals surface area contributed by atoms with Gasteiger partial charge in [0.05, 0.1) is 23.7 Å². The van der Waals surface area contributed by atoms with Crippen molar-refractivity contribution in [1.82, 2.24) is 15.4 Å². The fourth-order valence-electron chi connectivity index (χ4n) is 3.41. The summed E-state index contributed by atoms with van der Waals surface area (Å²) in [5.41, 5.74) is 11.4. The van der Waals surface area contributed by atoms with Gasteiger partial charge in [-0.3, -0.25) is 0 Å². The van der Waals surface area contributed by atoms with Gasteiger partial charge in [0.25, 0.3) is 0 Å². The van der Waals surface area contributed by atoms with Crippen molar-refractivity contribution < 1.29 is 0 Å². The smallest absolute Gasteiger partial charge is 0.156 e. The highest BCUT2D eigenvalue weighted by Gasteiger charge is 2.12. The number of benzene rings is 1. The van der Waals surface area contributed by atoms with Gasteiger partial charge < -0.3 is 5.43 Å². The van der Waals surface area contributed by atoms with E-state index in [-0.39, 0.29) is 0 Å². The molecular weight excluding hydrogens is 394 g/mol. The second-order valence-electron chi connectivity index (χ2n) is 8.54. The highest BCUT2D eigenvalue weighted by Crippen LogP contribution is 2.27. The van der Waals surface area contributed by atoms with Crippen LogP contribution < -0.4 is 10.9 Å². The van der Waals surface area contributed by atoms with E-state index >= 15 is 0 Å². The molecule has 2 N–H and O–H groups in total. The number of aromatic nitrogens is 2. The number of aryl methyl sites for hydroxylation is 2. The van der Waals surface area contributed by atoms with Gasteiger partial charge >= 0.3 is 0 Å². The average Bonchev–Trinajstić information content (AvgIpc) is 3.28. The van der Waals surface area contributed by atoms with Crippen molar-refractivity contribution in [2.24, 2.45) is 5.92 Å². The molecule has 0 amide bonds. The minimum Gasteiger partial charge on any atom is -0.318 e. The predicted octanol–water partition coefficient (Wildman–Crippen LogP) is 7.10. The van der Waals surface area contributed by atoms with E-state index in [0.29, 0.717) is 17.4 Å². The fraction of sp³-hybridized carbons (Fsp3) is 0.519. The number of nitrogens with zero attached hydrogens (tertiary/aromatic N) is 3. The maximum Gasteiger partial charge on any atom is 0.156 e. The molecule has 1 fully saturated rings. The zero-order chi connectivity index (χ0) is 24.1. The van der Waals surface area contributed by atoms with Gasteiger partial charge in [0, 0.05) is 11.6 Å². The number of hydrazine groups is 1. The molecule has 1 aromatic heterocycles. The molecule has 0 radical (unpaired) electrons. The number of hydrogen-bond acceptors (Lipinski definition) is 5. The second-order valence-corrected chi connectivity index (χ2v) is 8.54. The quantitative estimate of drug-likeness (QED) is 0.387. The molecule has 0 bridgehead atoms. The van der Waals surface area contributed by atoms with Gasteiger partial charge in [0.15, 0.2) is 5.82 Å². The molecule has 32 heavy (non-hydrogen) atoms. The maximum absolute atomic E-state index is 9.64. The van der Waals surface area contributed by atoms with Gasteiger partial charge in [0.1, 0.15) is 6.07 Å². The Balaban J connectivity index is 0.000000542. The molecule has 0 aliphatic heterocycles. The minimum absolute atomic E-state index is 0.306. The third-order valence-electron chi connectivity index (χ3n) is 5.29. The highest BCUT2D eigenvalue weighted by molar-refractivity contribution is 5.96. The summed E-state index contributed by atoms with van der Waals surface area (Å²) in [6, 6.07) is 8.72. The molecule has 1 aliphatic carbocycles. The molecule has 2 aromatic rings. The van der Waals surface area contributed by atoms with E-state index in [2.05, 4.69) is 33.8 Å². The standard InChI is InChI=1S/C19H23N5.C6H12.C2H6/c1-12(2)23-24-16-10-21-19(22-11-16)15(5)18(9-20)17-8-13(3)6-7-14(17)4;1-6-4-2-3-5-6;1-2/h6-8,10-12,23-24H,1-5H3;6H,2-5H2,1H3;1-2H3/b18-15+;;. The first-order chi connectivity index (χ1) is 15.3. The van der Waals surface area contributed by atoms with Crippen LogP contribution in [-0.4, -0.2) is 16.0 Å².